The smallest absolute Gasteiger partial charge is 0.308 e. The minimum Gasteiger partial charge on any atom is -0.457 e. The molecule has 0 unspecified atom stereocenters. The fourth-order valence-corrected chi connectivity index (χ4v) is 0.782. The fraction of sp³-hybridized carbons (Fsp3) is 0.300. The highest BCUT2D eigenvalue weighted by molar-refractivity contribution is 5.68. The maximum Gasteiger partial charge on any atom is 0.308 e. The van der Waals surface area contributed by atoms with E-state index in [0.717, 1.165) is 0 Å². The maximum absolute atomic E-state index is 10.7. The molecule has 0 fully saturated rings. The number of hydrogen-bond acceptors (Lipinski definition) is 3. The Morgan fingerprint density at radius 3 is 2.62 bits per heavy atom. The number of hydrogen-bond donors (Lipinski definition) is 0. The van der Waals surface area contributed by atoms with Crippen LogP contribution in [0, 0.1) is 0 Å². The Kier molecular flexibility index (Phi) is 3.82. The van der Waals surface area contributed by atoms with Crippen LogP contribution >= 0.6 is 0 Å². The van der Waals surface area contributed by atoms with E-state index in [-0.39, 0.29) is 12.8 Å². The molecule has 70 valence electrons. The third kappa shape index (κ3) is 3.60. The van der Waals surface area contributed by atoms with E-state index in [2.05, 4.69) is 0 Å². The monoisotopic (exact) mass is 180 g/mol. The van der Waals surface area contributed by atoms with Gasteiger partial charge in [-0.2, -0.15) is 0 Å². The van der Waals surface area contributed by atoms with Crippen LogP contribution in [0.1, 0.15) is 13.3 Å². The molecule has 0 saturated carbocycles. The Morgan fingerprint density at radius 1 is 1.31 bits per heavy atom. The maximum atomic E-state index is 10.7. The van der Waals surface area contributed by atoms with Crippen molar-refractivity contribution in [3.05, 3.63) is 30.3 Å². The van der Waals surface area contributed by atoms with Gasteiger partial charge in [-0.05, 0) is 12.1 Å². The van der Waals surface area contributed by atoms with Crippen molar-refractivity contribution in [1.29, 1.82) is 0 Å². The molecule has 1 rings (SSSR count). The molecule has 3 heteroatoms. The van der Waals surface area contributed by atoms with E-state index in [1.165, 1.54) is 0 Å². The van der Waals surface area contributed by atoms with Gasteiger partial charge >= 0.3 is 5.97 Å². The lowest BCUT2D eigenvalue weighted by molar-refractivity contribution is -0.149. The van der Waals surface area contributed by atoms with Crippen molar-refractivity contribution in [2.75, 3.05) is 6.79 Å². The summed E-state index contributed by atoms with van der Waals surface area (Å²) in [5.74, 6) is 0.447. The van der Waals surface area contributed by atoms with Gasteiger partial charge < -0.3 is 9.47 Å². The van der Waals surface area contributed by atoms with E-state index in [1.807, 2.05) is 18.2 Å². The molecule has 1 aromatic rings. The zero-order valence-corrected chi connectivity index (χ0v) is 7.53. The molecule has 0 aliphatic rings. The average Bonchev–Trinajstić information content (AvgIpc) is 2.19. The molecule has 0 bridgehead atoms. The Morgan fingerprint density at radius 2 is 2.00 bits per heavy atom. The highest BCUT2D eigenvalue weighted by atomic mass is 16.7. The van der Waals surface area contributed by atoms with Gasteiger partial charge in [0.25, 0.3) is 0 Å². The summed E-state index contributed by atoms with van der Waals surface area (Å²) in [7, 11) is 0. The number of carbonyl (C=O) groups is 1. The average molecular weight is 180 g/mol. The van der Waals surface area contributed by atoms with Gasteiger partial charge in [-0.15, -0.1) is 0 Å². The number of para-hydroxylation sites is 1. The van der Waals surface area contributed by atoms with Crippen molar-refractivity contribution < 1.29 is 14.3 Å². The van der Waals surface area contributed by atoms with Crippen molar-refractivity contribution in [2.45, 2.75) is 13.3 Å². The van der Waals surface area contributed by atoms with Gasteiger partial charge in [0.1, 0.15) is 5.75 Å². The van der Waals surface area contributed by atoms with Gasteiger partial charge in [0.05, 0.1) is 0 Å². The molecule has 0 aromatic heterocycles. The van der Waals surface area contributed by atoms with Crippen LogP contribution in [0.2, 0.25) is 0 Å². The summed E-state index contributed by atoms with van der Waals surface area (Å²) < 4.78 is 9.87. The lowest BCUT2D eigenvalue weighted by atomic mass is 10.3. The predicted octanol–water partition coefficient (Wildman–Crippen LogP) is 1.98. The number of rotatable bonds is 4. The summed E-state index contributed by atoms with van der Waals surface area (Å²) in [6.07, 6.45) is 0.373. The van der Waals surface area contributed by atoms with Crippen molar-refractivity contribution in [3.63, 3.8) is 0 Å². The molecule has 3 nitrogen and oxygen atoms in total. The molecule has 0 spiro atoms. The molecule has 0 radical (unpaired) electrons. The molecule has 0 atom stereocenters. The van der Waals surface area contributed by atoms with Crippen LogP contribution in [0.15, 0.2) is 30.3 Å². The topological polar surface area (TPSA) is 35.5 Å². The Hall–Kier alpha value is -1.51. The second-order valence-electron chi connectivity index (χ2n) is 2.45. The zero-order valence-electron chi connectivity index (χ0n) is 7.53. The molecule has 13 heavy (non-hydrogen) atoms. The lowest BCUT2D eigenvalue weighted by Crippen LogP contribution is -2.08. The Balaban J connectivity index is 2.24. The molecular weight excluding hydrogens is 168 g/mol. The third-order valence-corrected chi connectivity index (χ3v) is 1.48. The highest BCUT2D eigenvalue weighted by Crippen LogP contribution is 2.07. The fourth-order valence-electron chi connectivity index (χ4n) is 0.782. The molecule has 0 aliphatic carbocycles. The molecule has 0 N–H and O–H groups in total. The predicted molar refractivity (Wildman–Crippen MR) is 48.3 cm³/mol. The van der Waals surface area contributed by atoms with Gasteiger partial charge in [-0.3, -0.25) is 4.79 Å². The normalized spacial score (nSPS) is 9.31. The van der Waals surface area contributed by atoms with Gasteiger partial charge in [0.15, 0.2) is 0 Å². The molecule has 1 aromatic carbocycles. The largest absolute Gasteiger partial charge is 0.457 e. The first kappa shape index (κ1) is 9.58. The third-order valence-electron chi connectivity index (χ3n) is 1.48. The van der Waals surface area contributed by atoms with E-state index in [9.17, 15) is 4.79 Å². The minimum absolute atomic E-state index is 0.0172. The van der Waals surface area contributed by atoms with E-state index >= 15 is 0 Å². The van der Waals surface area contributed by atoms with Crippen LogP contribution in [0.4, 0.5) is 0 Å². The first-order valence-electron chi connectivity index (χ1n) is 4.16. The molecular formula is C10H12O3. The number of benzene rings is 1. The summed E-state index contributed by atoms with van der Waals surface area (Å²) in [6, 6.07) is 9.22. The van der Waals surface area contributed by atoms with Crippen molar-refractivity contribution in [3.8, 4) is 5.75 Å². The first-order valence-corrected chi connectivity index (χ1v) is 4.16. The lowest BCUT2D eigenvalue weighted by Gasteiger charge is -2.05. The number of esters is 1. The summed E-state index contributed by atoms with van der Waals surface area (Å²) in [5, 5.41) is 0. The van der Waals surface area contributed by atoms with E-state index < -0.39 is 0 Å². The van der Waals surface area contributed by atoms with E-state index in [4.69, 9.17) is 9.47 Å². The second kappa shape index (κ2) is 5.19. The Bertz CT molecular complexity index is 256. The summed E-state index contributed by atoms with van der Waals surface area (Å²) >= 11 is 0. The van der Waals surface area contributed by atoms with Crippen molar-refractivity contribution in [2.24, 2.45) is 0 Å². The molecule has 0 heterocycles. The molecule has 0 aliphatic heterocycles. The van der Waals surface area contributed by atoms with E-state index in [0.29, 0.717) is 12.2 Å². The highest BCUT2D eigenvalue weighted by Gasteiger charge is 1.97. The minimum atomic E-state index is -0.254. The molecule has 0 saturated heterocycles. The van der Waals surface area contributed by atoms with Gasteiger partial charge in [0.2, 0.25) is 6.79 Å². The molecule has 0 amide bonds. The van der Waals surface area contributed by atoms with Crippen LogP contribution in [0.25, 0.3) is 0 Å². The summed E-state index contributed by atoms with van der Waals surface area (Å²) in [6.45, 7) is 1.72. The number of carbonyl (C=O) groups excluding carboxylic acids is 1. The Labute approximate surface area is 77.3 Å². The van der Waals surface area contributed by atoms with Crippen LogP contribution in [0.5, 0.6) is 5.75 Å². The quantitative estimate of drug-likeness (QED) is 0.525. The second-order valence-corrected chi connectivity index (χ2v) is 2.45. The summed E-state index contributed by atoms with van der Waals surface area (Å²) in [5.41, 5.74) is 0. The van der Waals surface area contributed by atoms with Gasteiger partial charge in [-0.25, -0.2) is 0 Å². The van der Waals surface area contributed by atoms with Crippen LogP contribution in [-0.2, 0) is 9.53 Å². The first-order chi connectivity index (χ1) is 6.33. The summed E-state index contributed by atoms with van der Waals surface area (Å²) in [4.78, 5) is 10.7. The zero-order chi connectivity index (χ0) is 9.52. The van der Waals surface area contributed by atoms with Gasteiger partial charge in [0, 0.05) is 6.42 Å². The van der Waals surface area contributed by atoms with Crippen LogP contribution in [0.3, 0.4) is 0 Å². The van der Waals surface area contributed by atoms with Crippen LogP contribution < -0.4 is 4.74 Å². The van der Waals surface area contributed by atoms with Gasteiger partial charge in [-0.1, -0.05) is 25.1 Å². The van der Waals surface area contributed by atoms with Crippen LogP contribution in [-0.4, -0.2) is 12.8 Å². The SMILES string of the molecule is CCC(=O)OCOc1ccccc1. The van der Waals surface area contributed by atoms with E-state index in [1.54, 1.807) is 19.1 Å². The standard InChI is InChI=1S/C10H12O3/c1-2-10(11)13-8-12-9-6-4-3-5-7-9/h3-7H,2,8H2,1H3. The van der Waals surface area contributed by atoms with Crippen molar-refractivity contribution >= 4 is 5.97 Å². The van der Waals surface area contributed by atoms with Crippen molar-refractivity contribution in [1.82, 2.24) is 0 Å². The number of ether oxygens (including phenoxy) is 2.